The van der Waals surface area contributed by atoms with Gasteiger partial charge < -0.3 is 10.0 Å². The molecule has 110 valence electrons. The van der Waals surface area contributed by atoms with Crippen molar-refractivity contribution in [2.24, 2.45) is 0 Å². The molecule has 0 atom stereocenters. The van der Waals surface area contributed by atoms with Crippen LogP contribution in [0.15, 0.2) is 36.9 Å². The summed E-state index contributed by atoms with van der Waals surface area (Å²) in [5, 5.41) is 9.72. The van der Waals surface area contributed by atoms with Crippen molar-refractivity contribution in [1.82, 2.24) is 4.98 Å². The number of carbonyl (C=O) groups is 1. The van der Waals surface area contributed by atoms with Gasteiger partial charge in [-0.2, -0.15) is 0 Å². The standard InChI is InChI=1S/C16H18N2O2S/c1-4-9-18(13-7-5-11(2)6-8-13)16-17-14(10-15(19)20)12(3)21-16/h4-8H,1,9-10H2,2-3H3,(H,19,20). The Kier molecular flexibility index (Phi) is 4.75. The van der Waals surface area contributed by atoms with Gasteiger partial charge in [-0.15, -0.1) is 17.9 Å². The van der Waals surface area contributed by atoms with Gasteiger partial charge in [0.25, 0.3) is 0 Å². The van der Waals surface area contributed by atoms with Gasteiger partial charge in [0.05, 0.1) is 12.1 Å². The Balaban J connectivity index is 2.36. The summed E-state index contributed by atoms with van der Waals surface area (Å²) in [5.74, 6) is -0.861. The summed E-state index contributed by atoms with van der Waals surface area (Å²) >= 11 is 1.51. The van der Waals surface area contributed by atoms with Crippen LogP contribution in [0.25, 0.3) is 0 Å². The maximum Gasteiger partial charge on any atom is 0.309 e. The van der Waals surface area contributed by atoms with Crippen molar-refractivity contribution in [2.75, 3.05) is 11.4 Å². The maximum absolute atomic E-state index is 10.9. The second-order valence-corrected chi connectivity index (χ2v) is 5.99. The number of nitrogens with zero attached hydrogens (tertiary/aromatic N) is 2. The summed E-state index contributed by atoms with van der Waals surface area (Å²) in [5.41, 5.74) is 2.85. The first-order chi connectivity index (χ1) is 10.0. The fourth-order valence-electron chi connectivity index (χ4n) is 1.98. The number of hydrogen-bond donors (Lipinski definition) is 1. The van der Waals surface area contributed by atoms with Gasteiger partial charge in [-0.3, -0.25) is 4.79 Å². The second-order valence-electron chi connectivity index (χ2n) is 4.80. The third-order valence-corrected chi connectivity index (χ3v) is 4.12. The number of aryl methyl sites for hydroxylation is 2. The molecule has 2 aromatic rings. The van der Waals surface area contributed by atoms with Crippen LogP contribution in [-0.4, -0.2) is 22.6 Å². The SMILES string of the molecule is C=CCN(c1ccc(C)cc1)c1nc(CC(=O)O)c(C)s1. The third-order valence-electron chi connectivity index (χ3n) is 3.09. The van der Waals surface area contributed by atoms with Crippen LogP contribution in [0.2, 0.25) is 0 Å². The zero-order valence-electron chi connectivity index (χ0n) is 12.2. The summed E-state index contributed by atoms with van der Waals surface area (Å²) in [6.45, 7) is 8.36. The van der Waals surface area contributed by atoms with Gasteiger partial charge >= 0.3 is 5.97 Å². The molecule has 0 spiro atoms. The fourth-order valence-corrected chi connectivity index (χ4v) is 2.94. The number of carboxylic acids is 1. The summed E-state index contributed by atoms with van der Waals surface area (Å²) < 4.78 is 0. The van der Waals surface area contributed by atoms with Crippen molar-refractivity contribution in [3.05, 3.63) is 53.1 Å². The van der Waals surface area contributed by atoms with E-state index in [2.05, 4.69) is 11.6 Å². The highest BCUT2D eigenvalue weighted by molar-refractivity contribution is 7.15. The molecule has 2 rings (SSSR count). The van der Waals surface area contributed by atoms with Gasteiger partial charge in [-0.1, -0.05) is 23.8 Å². The minimum atomic E-state index is -0.861. The van der Waals surface area contributed by atoms with Crippen molar-refractivity contribution >= 4 is 28.1 Å². The molecule has 0 amide bonds. The number of benzene rings is 1. The van der Waals surface area contributed by atoms with E-state index in [1.165, 1.54) is 16.9 Å². The second kappa shape index (κ2) is 6.54. The Morgan fingerprint density at radius 1 is 1.38 bits per heavy atom. The van der Waals surface area contributed by atoms with Crippen molar-refractivity contribution in [2.45, 2.75) is 20.3 Å². The lowest BCUT2D eigenvalue weighted by molar-refractivity contribution is -0.136. The van der Waals surface area contributed by atoms with Crippen LogP contribution in [0.5, 0.6) is 0 Å². The van der Waals surface area contributed by atoms with Crippen LogP contribution >= 0.6 is 11.3 Å². The van der Waals surface area contributed by atoms with Crippen LogP contribution in [-0.2, 0) is 11.2 Å². The molecule has 0 fully saturated rings. The van der Waals surface area contributed by atoms with E-state index in [0.717, 1.165) is 15.7 Å². The molecule has 0 aliphatic rings. The molecule has 1 aromatic heterocycles. The van der Waals surface area contributed by atoms with E-state index in [-0.39, 0.29) is 6.42 Å². The lowest BCUT2D eigenvalue weighted by Gasteiger charge is -2.20. The normalized spacial score (nSPS) is 10.4. The monoisotopic (exact) mass is 302 g/mol. The van der Waals surface area contributed by atoms with Crippen LogP contribution in [0, 0.1) is 13.8 Å². The topological polar surface area (TPSA) is 53.4 Å². The molecule has 0 aliphatic carbocycles. The first-order valence-electron chi connectivity index (χ1n) is 6.64. The van der Waals surface area contributed by atoms with Crippen molar-refractivity contribution in [1.29, 1.82) is 0 Å². The summed E-state index contributed by atoms with van der Waals surface area (Å²) in [4.78, 5) is 18.3. The first-order valence-corrected chi connectivity index (χ1v) is 7.46. The molecule has 21 heavy (non-hydrogen) atoms. The minimum Gasteiger partial charge on any atom is -0.481 e. The summed E-state index contributed by atoms with van der Waals surface area (Å²) in [6, 6.07) is 8.16. The number of carboxylic acid groups (broad SMARTS) is 1. The Hall–Kier alpha value is -2.14. The molecule has 4 nitrogen and oxygen atoms in total. The van der Waals surface area contributed by atoms with Gasteiger partial charge in [0.1, 0.15) is 0 Å². The molecule has 0 radical (unpaired) electrons. The maximum atomic E-state index is 10.9. The van der Waals surface area contributed by atoms with Crippen LogP contribution < -0.4 is 4.90 Å². The van der Waals surface area contributed by atoms with Gasteiger partial charge in [-0.05, 0) is 26.0 Å². The van der Waals surface area contributed by atoms with Crippen molar-refractivity contribution < 1.29 is 9.90 Å². The molecule has 0 aliphatic heterocycles. The average Bonchev–Trinajstić information content (AvgIpc) is 2.78. The lowest BCUT2D eigenvalue weighted by Crippen LogP contribution is -2.16. The zero-order valence-corrected chi connectivity index (χ0v) is 13.0. The molecule has 0 unspecified atom stereocenters. The lowest BCUT2D eigenvalue weighted by atomic mass is 10.2. The number of aromatic nitrogens is 1. The van der Waals surface area contributed by atoms with E-state index in [9.17, 15) is 4.79 Å². The average molecular weight is 302 g/mol. The van der Waals surface area contributed by atoms with Gasteiger partial charge in [-0.25, -0.2) is 4.98 Å². The van der Waals surface area contributed by atoms with E-state index in [1.807, 2.05) is 49.1 Å². The number of thiazole rings is 1. The minimum absolute atomic E-state index is 0.0435. The smallest absolute Gasteiger partial charge is 0.309 e. The van der Waals surface area contributed by atoms with Crippen molar-refractivity contribution in [3.63, 3.8) is 0 Å². The van der Waals surface area contributed by atoms with Crippen molar-refractivity contribution in [3.8, 4) is 0 Å². The predicted octanol–water partition coefficient (Wildman–Crippen LogP) is 3.71. The highest BCUT2D eigenvalue weighted by Gasteiger charge is 2.16. The first kappa shape index (κ1) is 15.3. The molecule has 0 saturated heterocycles. The fraction of sp³-hybridized carbons (Fsp3) is 0.250. The Morgan fingerprint density at radius 2 is 2.05 bits per heavy atom. The quantitative estimate of drug-likeness (QED) is 0.826. The number of aliphatic carboxylic acids is 1. The van der Waals surface area contributed by atoms with Gasteiger partial charge in [0.15, 0.2) is 5.13 Å². The van der Waals surface area contributed by atoms with E-state index < -0.39 is 5.97 Å². The van der Waals surface area contributed by atoms with Gasteiger partial charge in [0.2, 0.25) is 0 Å². The largest absolute Gasteiger partial charge is 0.481 e. The zero-order chi connectivity index (χ0) is 15.4. The van der Waals surface area contributed by atoms with E-state index in [0.29, 0.717) is 12.2 Å². The van der Waals surface area contributed by atoms with Crippen LogP contribution in [0.1, 0.15) is 16.1 Å². The Labute approximate surface area is 128 Å². The van der Waals surface area contributed by atoms with Crippen LogP contribution in [0.4, 0.5) is 10.8 Å². The molecule has 0 saturated carbocycles. The Bertz CT molecular complexity index is 647. The molecule has 1 heterocycles. The van der Waals surface area contributed by atoms with Gasteiger partial charge in [0, 0.05) is 17.1 Å². The molecule has 1 aromatic carbocycles. The highest BCUT2D eigenvalue weighted by atomic mass is 32.1. The molecule has 1 N–H and O–H groups in total. The van der Waals surface area contributed by atoms with E-state index >= 15 is 0 Å². The molecule has 5 heteroatoms. The summed E-state index contributed by atoms with van der Waals surface area (Å²) in [7, 11) is 0. The molecular weight excluding hydrogens is 284 g/mol. The number of anilines is 2. The Morgan fingerprint density at radius 3 is 2.62 bits per heavy atom. The number of hydrogen-bond acceptors (Lipinski definition) is 4. The van der Waals surface area contributed by atoms with E-state index in [4.69, 9.17) is 5.11 Å². The third kappa shape index (κ3) is 3.70. The van der Waals surface area contributed by atoms with Crippen LogP contribution in [0.3, 0.4) is 0 Å². The predicted molar refractivity (Wildman–Crippen MR) is 86.6 cm³/mol. The molecule has 0 bridgehead atoms. The van der Waals surface area contributed by atoms with E-state index in [1.54, 1.807) is 0 Å². The summed E-state index contributed by atoms with van der Waals surface area (Å²) in [6.07, 6.45) is 1.77. The molecular formula is C16H18N2O2S. The highest BCUT2D eigenvalue weighted by Crippen LogP contribution is 2.31. The number of rotatable bonds is 6.